The van der Waals surface area contributed by atoms with Gasteiger partial charge in [-0.2, -0.15) is 0 Å². The number of aliphatic hydroxyl groups is 1. The maximum absolute atomic E-state index is 11.4. The zero-order valence-corrected chi connectivity index (χ0v) is 31.6. The monoisotopic (exact) mass is 702 g/mol. The van der Waals surface area contributed by atoms with Crippen LogP contribution < -0.4 is 0 Å². The third-order valence-corrected chi connectivity index (χ3v) is 17.0. The normalized spacial score (nSPS) is 54.5. The fourth-order valence-electron chi connectivity index (χ4n) is 14.4. The number of hydrogen-bond donors (Lipinski definition) is 2. The van der Waals surface area contributed by atoms with Gasteiger partial charge in [0.05, 0.1) is 25.4 Å². The van der Waals surface area contributed by atoms with Gasteiger partial charge in [0.15, 0.2) is 18.2 Å². The van der Waals surface area contributed by atoms with E-state index >= 15 is 0 Å². The highest BCUT2D eigenvalue weighted by atomic mass is 17.3. The minimum Gasteiger partial charge on any atom is -0.481 e. The molecule has 9 heteroatoms. The van der Waals surface area contributed by atoms with Crippen LogP contribution in [0.4, 0.5) is 0 Å². The van der Waals surface area contributed by atoms with E-state index in [0.29, 0.717) is 60.6 Å². The summed E-state index contributed by atoms with van der Waals surface area (Å²) in [7, 11) is 0. The van der Waals surface area contributed by atoms with Gasteiger partial charge in [0.2, 0.25) is 5.79 Å². The van der Waals surface area contributed by atoms with Gasteiger partial charge in [0.1, 0.15) is 0 Å². The second-order valence-electron chi connectivity index (χ2n) is 19.3. The largest absolute Gasteiger partial charge is 0.481 e. The van der Waals surface area contributed by atoms with Gasteiger partial charge < -0.3 is 29.2 Å². The van der Waals surface area contributed by atoms with E-state index in [2.05, 4.69) is 34.6 Å². The van der Waals surface area contributed by atoms with Crippen LogP contribution in [0.2, 0.25) is 0 Å². The van der Waals surface area contributed by atoms with Crippen molar-refractivity contribution in [2.45, 2.75) is 168 Å². The Morgan fingerprint density at radius 2 is 1.54 bits per heavy atom. The lowest BCUT2D eigenvalue weighted by atomic mass is 9.43. The van der Waals surface area contributed by atoms with Crippen molar-refractivity contribution in [2.75, 3.05) is 13.2 Å². The van der Waals surface area contributed by atoms with Gasteiger partial charge in [-0.1, -0.05) is 34.6 Å². The fraction of sp³-hybridized carbons (Fsp3) is 0.976. The molecule has 4 heterocycles. The van der Waals surface area contributed by atoms with Crippen LogP contribution in [-0.2, 0) is 33.5 Å². The second kappa shape index (κ2) is 13.2. The molecule has 50 heavy (non-hydrogen) atoms. The summed E-state index contributed by atoms with van der Waals surface area (Å²) in [6, 6.07) is 0. The molecule has 0 amide bonds. The maximum atomic E-state index is 11.4. The summed E-state index contributed by atoms with van der Waals surface area (Å²) < 4.78 is 26.7. The van der Waals surface area contributed by atoms with Gasteiger partial charge in [-0.05, 0) is 142 Å². The zero-order valence-electron chi connectivity index (χ0n) is 31.6. The quantitative estimate of drug-likeness (QED) is 0.184. The van der Waals surface area contributed by atoms with Crippen LogP contribution in [0.15, 0.2) is 0 Å². The number of carboxylic acid groups (broad SMARTS) is 1. The van der Waals surface area contributed by atoms with Crippen molar-refractivity contribution >= 4 is 5.97 Å². The van der Waals surface area contributed by atoms with Crippen molar-refractivity contribution in [3.05, 3.63) is 0 Å². The molecule has 0 radical (unpaired) electrons. The molecule has 9 aliphatic rings. The van der Waals surface area contributed by atoms with Crippen molar-refractivity contribution in [1.82, 2.24) is 0 Å². The van der Waals surface area contributed by atoms with E-state index in [1.165, 1.54) is 32.1 Å². The van der Waals surface area contributed by atoms with Gasteiger partial charge in [-0.15, -0.1) is 0 Å². The molecule has 18 atom stereocenters. The number of hydrogen-bond acceptors (Lipinski definition) is 8. The first-order valence-electron chi connectivity index (χ1n) is 20.6. The lowest BCUT2D eigenvalue weighted by Crippen LogP contribution is -2.70. The minimum absolute atomic E-state index is 0.102. The Kier molecular flexibility index (Phi) is 9.55. The highest BCUT2D eigenvalue weighted by Gasteiger charge is 2.70. The van der Waals surface area contributed by atoms with Gasteiger partial charge in [-0.25, -0.2) is 9.78 Å². The first-order valence-corrected chi connectivity index (χ1v) is 20.6. The summed E-state index contributed by atoms with van der Waals surface area (Å²) in [4.78, 5) is 23.7. The van der Waals surface area contributed by atoms with Gasteiger partial charge in [0, 0.05) is 24.7 Å². The number of carboxylic acids is 1. The molecular weight excluding hydrogens is 636 g/mol. The summed E-state index contributed by atoms with van der Waals surface area (Å²) in [5.41, 5.74) is -0.159. The summed E-state index contributed by atoms with van der Waals surface area (Å²) >= 11 is 0. The molecule has 2 bridgehead atoms. The van der Waals surface area contributed by atoms with Crippen LogP contribution in [0.25, 0.3) is 0 Å². The van der Waals surface area contributed by atoms with Crippen LogP contribution in [0.1, 0.15) is 131 Å². The highest BCUT2D eigenvalue weighted by Crippen LogP contribution is 2.69. The number of fused-ring (bicyclic) bond motifs is 7. The molecule has 9 fully saturated rings. The first-order chi connectivity index (χ1) is 23.8. The molecule has 2 N–H and O–H groups in total. The predicted octanol–water partition coefficient (Wildman–Crippen LogP) is 7.73. The topological polar surface area (TPSA) is 113 Å². The maximum Gasteiger partial charge on any atom is 0.303 e. The third kappa shape index (κ3) is 5.68. The Hall–Kier alpha value is -0.810. The number of ether oxygens (including phenoxy) is 4. The predicted molar refractivity (Wildman–Crippen MR) is 185 cm³/mol. The minimum atomic E-state index is -0.799. The van der Waals surface area contributed by atoms with E-state index in [1.807, 2.05) is 6.92 Å². The van der Waals surface area contributed by atoms with Gasteiger partial charge in [-0.3, -0.25) is 4.79 Å². The molecule has 4 saturated heterocycles. The Labute approximate surface area is 300 Å². The molecule has 0 aromatic carbocycles. The molecule has 9 nitrogen and oxygen atoms in total. The smallest absolute Gasteiger partial charge is 0.303 e. The van der Waals surface area contributed by atoms with Crippen LogP contribution in [0.5, 0.6) is 0 Å². The Morgan fingerprint density at radius 1 is 0.820 bits per heavy atom. The molecule has 5 saturated carbocycles. The summed E-state index contributed by atoms with van der Waals surface area (Å²) in [5.74, 6) is 3.05. The van der Waals surface area contributed by atoms with E-state index in [1.54, 1.807) is 0 Å². The van der Waals surface area contributed by atoms with Crippen molar-refractivity contribution < 1.29 is 43.7 Å². The van der Waals surface area contributed by atoms with Gasteiger partial charge in [0.25, 0.3) is 0 Å². The standard InChI is InChI=1S/C41H66O9/c1-23(8-12-35(43)44)28-10-11-31-27-22-34(33-21-26(42)13-16-39(33,5)32(27)14-17-38(28,31)4)45-19-20-46-36-25(3)30-9-7-24(2)29-15-18-40(6)48-37(47-36)41(29,30)50-49-40/h23-34,36-37,42H,7-22H2,1-6H3,(H,43,44)/t23-,24-,25-,26-,27?,28-,29?,30?,31?,32?,33?,34+,36?,37?,38-,39-,40+,41-/m1/s1. The van der Waals surface area contributed by atoms with E-state index in [-0.39, 0.29) is 41.3 Å². The van der Waals surface area contributed by atoms with E-state index in [4.69, 9.17) is 28.7 Å². The van der Waals surface area contributed by atoms with Crippen molar-refractivity contribution in [3.63, 3.8) is 0 Å². The second-order valence-corrected chi connectivity index (χ2v) is 19.3. The Bertz CT molecular complexity index is 1260. The van der Waals surface area contributed by atoms with Crippen molar-refractivity contribution in [3.8, 4) is 0 Å². The molecule has 284 valence electrons. The number of aliphatic hydroxyl groups excluding tert-OH is 1. The molecule has 5 aliphatic carbocycles. The van der Waals surface area contributed by atoms with Crippen LogP contribution in [-0.4, -0.2) is 65.6 Å². The molecule has 0 aromatic rings. The number of aliphatic carboxylic acids is 1. The average molecular weight is 703 g/mol. The SMILES string of the molecule is C[C@H]1C(OCCO[C@H]2CC3C(CC[C@@]4(C)C3CC[C@@H]4[C@H](C)CCC(=O)O)[C@@]3(C)CC[C@@H](O)CC23)OC2O[C@]3(C)CCC4[C@H](C)CCC1[C@@]24OO3. The molecule has 4 aliphatic heterocycles. The lowest BCUT2D eigenvalue weighted by Gasteiger charge is -2.63. The lowest BCUT2D eigenvalue weighted by molar-refractivity contribution is -0.577. The highest BCUT2D eigenvalue weighted by molar-refractivity contribution is 5.66. The fourth-order valence-corrected chi connectivity index (χ4v) is 14.4. The number of rotatable bonds is 9. The molecule has 9 rings (SSSR count). The molecular formula is C41H66O9. The van der Waals surface area contributed by atoms with E-state index < -0.39 is 29.9 Å². The first kappa shape index (κ1) is 36.2. The van der Waals surface area contributed by atoms with Crippen LogP contribution in [0, 0.1) is 70.0 Å². The molecule has 0 aromatic heterocycles. The molecule has 1 spiro atoms. The van der Waals surface area contributed by atoms with Crippen LogP contribution in [0.3, 0.4) is 0 Å². The van der Waals surface area contributed by atoms with Gasteiger partial charge >= 0.3 is 5.97 Å². The molecule has 8 unspecified atom stereocenters. The Morgan fingerprint density at radius 3 is 2.34 bits per heavy atom. The van der Waals surface area contributed by atoms with E-state index in [0.717, 1.165) is 51.4 Å². The van der Waals surface area contributed by atoms with Crippen LogP contribution >= 0.6 is 0 Å². The Balaban J connectivity index is 0.947. The number of carbonyl (C=O) groups is 1. The summed E-state index contributed by atoms with van der Waals surface area (Å²) in [6.45, 7) is 14.9. The zero-order chi connectivity index (χ0) is 35.2. The summed E-state index contributed by atoms with van der Waals surface area (Å²) in [5, 5.41) is 20.3. The summed E-state index contributed by atoms with van der Waals surface area (Å²) in [6.07, 6.45) is 12.8. The third-order valence-electron chi connectivity index (χ3n) is 17.0. The van der Waals surface area contributed by atoms with Crippen molar-refractivity contribution in [2.24, 2.45) is 70.0 Å². The van der Waals surface area contributed by atoms with Crippen molar-refractivity contribution in [1.29, 1.82) is 0 Å². The average Bonchev–Trinajstić information content (AvgIpc) is 3.28. The van der Waals surface area contributed by atoms with E-state index in [9.17, 15) is 15.0 Å².